The lowest BCUT2D eigenvalue weighted by atomic mass is 10.2. The van der Waals surface area contributed by atoms with Crippen LogP contribution in [0.25, 0.3) is 0 Å². The van der Waals surface area contributed by atoms with Crippen molar-refractivity contribution >= 4 is 45.0 Å². The molecule has 0 fully saturated rings. The van der Waals surface area contributed by atoms with E-state index in [4.69, 9.17) is 16.3 Å². The summed E-state index contributed by atoms with van der Waals surface area (Å²) in [6, 6.07) is 23.5. The fourth-order valence-electron chi connectivity index (χ4n) is 2.95. The minimum absolute atomic E-state index is 0.299. The molecule has 9 heteroatoms. The van der Waals surface area contributed by atoms with Crippen molar-refractivity contribution < 1.29 is 17.9 Å². The van der Waals surface area contributed by atoms with Gasteiger partial charge in [-0.05, 0) is 48.0 Å². The van der Waals surface area contributed by atoms with Gasteiger partial charge in [0.05, 0.1) is 11.9 Å². The van der Waals surface area contributed by atoms with Gasteiger partial charge in [-0.15, -0.1) is 0 Å². The minimum atomic E-state index is -3.65. The van der Waals surface area contributed by atoms with E-state index in [1.807, 2.05) is 54.6 Å². The summed E-state index contributed by atoms with van der Waals surface area (Å²) in [5.41, 5.74) is 1.43. The van der Waals surface area contributed by atoms with Crippen molar-refractivity contribution in [3.8, 4) is 11.5 Å². The van der Waals surface area contributed by atoms with E-state index in [2.05, 4.69) is 5.32 Å². The van der Waals surface area contributed by atoms with E-state index in [0.29, 0.717) is 29.5 Å². The first-order valence-electron chi connectivity index (χ1n) is 10.2. The molecule has 1 amide bonds. The average Bonchev–Trinajstić information content (AvgIpc) is 2.79. The number of hydrogen-bond donors (Lipinski definition) is 1. The quantitative estimate of drug-likeness (QED) is 0.374. The number of rotatable bonds is 11. The second-order valence-electron chi connectivity index (χ2n) is 7.17. The molecule has 0 aliphatic rings. The molecule has 0 unspecified atom stereocenters. The Bertz CT molecular complexity index is 1160. The van der Waals surface area contributed by atoms with Gasteiger partial charge >= 0.3 is 0 Å². The highest BCUT2D eigenvalue weighted by Crippen LogP contribution is 2.25. The number of sulfonamides is 1. The summed E-state index contributed by atoms with van der Waals surface area (Å²) in [4.78, 5) is 12.4. The number of nitrogens with zero attached hydrogens (tertiary/aromatic N) is 1. The monoisotopic (exact) mass is 504 g/mol. The van der Waals surface area contributed by atoms with Gasteiger partial charge in [0.2, 0.25) is 15.9 Å². The summed E-state index contributed by atoms with van der Waals surface area (Å²) >= 11 is 7.78. The number of amides is 1. The van der Waals surface area contributed by atoms with E-state index in [1.54, 1.807) is 36.0 Å². The van der Waals surface area contributed by atoms with Gasteiger partial charge in [-0.3, -0.25) is 9.10 Å². The number of ether oxygens (including phenoxy) is 1. The second-order valence-corrected chi connectivity index (χ2v) is 10.6. The first-order valence-corrected chi connectivity index (χ1v) is 13.6. The van der Waals surface area contributed by atoms with Gasteiger partial charge in [0.25, 0.3) is 0 Å². The fourth-order valence-corrected chi connectivity index (χ4v) is 4.95. The van der Waals surface area contributed by atoms with Crippen LogP contribution in [0, 0.1) is 0 Å². The van der Waals surface area contributed by atoms with E-state index < -0.39 is 10.0 Å². The lowest BCUT2D eigenvalue weighted by Crippen LogP contribution is -2.41. The van der Waals surface area contributed by atoms with Crippen LogP contribution >= 0.6 is 23.4 Å². The number of nitrogens with one attached hydrogen (secondary N) is 1. The summed E-state index contributed by atoms with van der Waals surface area (Å²) in [5.74, 6) is 2.29. The first-order chi connectivity index (χ1) is 15.8. The largest absolute Gasteiger partial charge is 0.457 e. The third kappa shape index (κ3) is 7.99. The van der Waals surface area contributed by atoms with Crippen LogP contribution in [0.15, 0.2) is 78.9 Å². The molecule has 0 bridgehead atoms. The van der Waals surface area contributed by atoms with Crippen molar-refractivity contribution in [2.45, 2.75) is 5.75 Å². The molecular formula is C24H25ClN2O4S2. The molecule has 0 saturated carbocycles. The van der Waals surface area contributed by atoms with Crippen LogP contribution in [0.2, 0.25) is 5.02 Å². The first kappa shape index (κ1) is 25.0. The lowest BCUT2D eigenvalue weighted by Gasteiger charge is -2.22. The third-order valence-corrected chi connectivity index (χ3v) is 7.09. The van der Waals surface area contributed by atoms with Crippen LogP contribution in [-0.4, -0.2) is 39.4 Å². The Morgan fingerprint density at radius 2 is 1.61 bits per heavy atom. The van der Waals surface area contributed by atoms with Crippen LogP contribution in [0.3, 0.4) is 0 Å². The Hall–Kier alpha value is -2.68. The molecule has 3 aromatic carbocycles. The topological polar surface area (TPSA) is 75.7 Å². The zero-order valence-electron chi connectivity index (χ0n) is 18.1. The molecule has 3 aromatic rings. The van der Waals surface area contributed by atoms with Crippen molar-refractivity contribution in [1.82, 2.24) is 5.32 Å². The maximum absolute atomic E-state index is 12.4. The van der Waals surface area contributed by atoms with Crippen molar-refractivity contribution in [2.24, 2.45) is 0 Å². The number of hydrogen-bond acceptors (Lipinski definition) is 5. The predicted molar refractivity (Wildman–Crippen MR) is 136 cm³/mol. The predicted octanol–water partition coefficient (Wildman–Crippen LogP) is 4.95. The molecule has 0 atom stereocenters. The number of carbonyl (C=O) groups excluding carboxylic acids is 1. The van der Waals surface area contributed by atoms with Gasteiger partial charge in [-0.2, -0.15) is 11.8 Å². The Balaban J connectivity index is 1.51. The molecule has 0 saturated heterocycles. The zero-order chi connectivity index (χ0) is 23.7. The molecule has 0 aromatic heterocycles. The normalized spacial score (nSPS) is 11.1. The number of anilines is 1. The molecule has 3 rings (SSSR count). The highest BCUT2D eigenvalue weighted by Gasteiger charge is 2.20. The number of benzene rings is 3. The highest BCUT2D eigenvalue weighted by molar-refractivity contribution is 7.98. The molecule has 33 heavy (non-hydrogen) atoms. The Kier molecular flexibility index (Phi) is 9.05. The third-order valence-electron chi connectivity index (χ3n) is 4.58. The Labute approximate surface area is 204 Å². The molecule has 1 N–H and O–H groups in total. The number of halogens is 1. The van der Waals surface area contributed by atoms with Crippen molar-refractivity contribution in [3.05, 3.63) is 89.4 Å². The van der Waals surface area contributed by atoms with E-state index in [0.717, 1.165) is 26.9 Å². The number of para-hydroxylation sites is 1. The van der Waals surface area contributed by atoms with Crippen LogP contribution in [0.4, 0.5) is 5.69 Å². The zero-order valence-corrected chi connectivity index (χ0v) is 20.5. The van der Waals surface area contributed by atoms with Crippen molar-refractivity contribution in [2.75, 3.05) is 29.4 Å². The van der Waals surface area contributed by atoms with Crippen LogP contribution in [0.1, 0.15) is 5.56 Å². The minimum Gasteiger partial charge on any atom is -0.457 e. The van der Waals surface area contributed by atoms with Crippen molar-refractivity contribution in [1.29, 1.82) is 0 Å². The molecular weight excluding hydrogens is 480 g/mol. The maximum Gasteiger partial charge on any atom is 0.240 e. The van der Waals surface area contributed by atoms with E-state index in [1.165, 1.54) is 0 Å². The van der Waals surface area contributed by atoms with Gasteiger partial charge in [0.1, 0.15) is 18.0 Å². The van der Waals surface area contributed by atoms with Crippen LogP contribution < -0.4 is 14.4 Å². The molecule has 0 aliphatic heterocycles. The summed E-state index contributed by atoms with van der Waals surface area (Å²) in [6.07, 6.45) is 1.08. The van der Waals surface area contributed by atoms with Crippen LogP contribution in [-0.2, 0) is 20.6 Å². The van der Waals surface area contributed by atoms with Crippen LogP contribution in [0.5, 0.6) is 11.5 Å². The standard InChI is InChI=1S/C24H25ClN2O4S2/c1-33(29,30)27(20-11-13-22(14-12-20)31-21-8-3-2-4-9-21)17-24(28)26-15-16-32-18-19-7-5-6-10-23(19)25/h2-14H,15-18H2,1H3,(H,26,28). The van der Waals surface area contributed by atoms with Gasteiger partial charge in [-0.25, -0.2) is 8.42 Å². The summed E-state index contributed by atoms with van der Waals surface area (Å²) in [6.45, 7) is 0.127. The summed E-state index contributed by atoms with van der Waals surface area (Å²) in [7, 11) is -3.65. The molecule has 0 radical (unpaired) electrons. The van der Waals surface area contributed by atoms with Gasteiger partial charge in [-0.1, -0.05) is 48.0 Å². The Morgan fingerprint density at radius 1 is 0.970 bits per heavy atom. The summed E-state index contributed by atoms with van der Waals surface area (Å²) in [5, 5.41) is 3.50. The molecule has 0 aliphatic carbocycles. The number of thioether (sulfide) groups is 1. The van der Waals surface area contributed by atoms with Crippen molar-refractivity contribution in [3.63, 3.8) is 0 Å². The fraction of sp³-hybridized carbons (Fsp3) is 0.208. The highest BCUT2D eigenvalue weighted by atomic mass is 35.5. The summed E-state index contributed by atoms with van der Waals surface area (Å²) < 4.78 is 31.4. The van der Waals surface area contributed by atoms with E-state index >= 15 is 0 Å². The van der Waals surface area contributed by atoms with Gasteiger partial charge in [0.15, 0.2) is 0 Å². The SMILES string of the molecule is CS(=O)(=O)N(CC(=O)NCCSCc1ccccc1Cl)c1ccc(Oc2ccccc2)cc1. The Morgan fingerprint density at radius 3 is 2.27 bits per heavy atom. The average molecular weight is 505 g/mol. The molecule has 6 nitrogen and oxygen atoms in total. The maximum atomic E-state index is 12.4. The molecule has 0 heterocycles. The smallest absolute Gasteiger partial charge is 0.240 e. The lowest BCUT2D eigenvalue weighted by molar-refractivity contribution is -0.119. The second kappa shape index (κ2) is 12.0. The molecule has 174 valence electrons. The number of carbonyl (C=O) groups is 1. The van der Waals surface area contributed by atoms with E-state index in [-0.39, 0.29) is 12.5 Å². The van der Waals surface area contributed by atoms with E-state index in [9.17, 15) is 13.2 Å². The van der Waals surface area contributed by atoms with Gasteiger partial charge < -0.3 is 10.1 Å². The molecule has 0 spiro atoms. The van der Waals surface area contributed by atoms with Gasteiger partial charge in [0, 0.05) is 23.1 Å².